The van der Waals surface area contributed by atoms with Crippen LogP contribution in [0.5, 0.6) is 0 Å². The summed E-state index contributed by atoms with van der Waals surface area (Å²) in [4.78, 5) is 0. The lowest BCUT2D eigenvalue weighted by Crippen LogP contribution is -2.00. The molecular weight excluding hydrogens is 203 g/mol. The lowest BCUT2D eigenvalue weighted by molar-refractivity contribution is 1.74. The fourth-order valence-electron chi connectivity index (χ4n) is 2.81. The monoisotopic (exact) mass is 212 g/mol. The molecule has 1 heteroatoms. The Kier molecular flexibility index (Phi) is 1.60. The summed E-state index contributed by atoms with van der Waals surface area (Å²) in [6.45, 7) is 0. The third-order valence-electron chi connectivity index (χ3n) is 3.53. The van der Waals surface area contributed by atoms with Gasteiger partial charge in [0, 0.05) is 0 Å². The molecule has 0 bridgehead atoms. The van der Waals surface area contributed by atoms with E-state index >= 15 is 0 Å². The minimum absolute atomic E-state index is 0.827. The van der Waals surface area contributed by atoms with E-state index in [1.54, 1.807) is 0 Å². The molecule has 0 unspecified atom stereocenters. The first-order chi connectivity index (χ1) is 8.34. The maximum atomic E-state index is 5.89. The molecule has 0 atom stereocenters. The molecular formula is C16H9B. The Morgan fingerprint density at radius 1 is 0.647 bits per heavy atom. The van der Waals surface area contributed by atoms with Crippen LogP contribution in [0.1, 0.15) is 0 Å². The summed E-state index contributed by atoms with van der Waals surface area (Å²) in [6.07, 6.45) is 0. The Hall–Kier alpha value is -2.02. The molecule has 76 valence electrons. The summed E-state index contributed by atoms with van der Waals surface area (Å²) in [7, 11) is 5.89. The summed E-state index contributed by atoms with van der Waals surface area (Å²) < 4.78 is 0. The van der Waals surface area contributed by atoms with Crippen molar-refractivity contribution in [3.8, 4) is 22.3 Å². The zero-order valence-electron chi connectivity index (χ0n) is 9.27. The molecule has 0 aliphatic heterocycles. The van der Waals surface area contributed by atoms with E-state index in [-0.39, 0.29) is 0 Å². The summed E-state index contributed by atoms with van der Waals surface area (Å²) in [6, 6.07) is 19.1. The number of benzene rings is 3. The highest BCUT2D eigenvalue weighted by atomic mass is 14.2. The van der Waals surface area contributed by atoms with Crippen LogP contribution >= 0.6 is 0 Å². The topological polar surface area (TPSA) is 0 Å². The molecule has 0 spiro atoms. The Morgan fingerprint density at radius 2 is 1.35 bits per heavy atom. The van der Waals surface area contributed by atoms with Gasteiger partial charge in [0.15, 0.2) is 0 Å². The first-order valence-corrected chi connectivity index (χ1v) is 5.76. The van der Waals surface area contributed by atoms with E-state index in [0.29, 0.717) is 0 Å². The van der Waals surface area contributed by atoms with Crippen LogP contribution in [0.2, 0.25) is 0 Å². The molecule has 0 fully saturated rings. The van der Waals surface area contributed by atoms with Gasteiger partial charge in [0.1, 0.15) is 7.85 Å². The Morgan fingerprint density at radius 3 is 2.12 bits per heavy atom. The fourth-order valence-corrected chi connectivity index (χ4v) is 2.81. The second-order valence-electron chi connectivity index (χ2n) is 4.51. The fraction of sp³-hybridized carbons (Fsp3) is 0. The van der Waals surface area contributed by atoms with Crippen molar-refractivity contribution in [1.82, 2.24) is 0 Å². The Labute approximate surface area is 101 Å². The van der Waals surface area contributed by atoms with E-state index < -0.39 is 0 Å². The SMILES string of the molecule is [B]c1ccc2c(c1)-c1cccc3cccc-2c13. The van der Waals surface area contributed by atoms with Crippen molar-refractivity contribution in [1.29, 1.82) is 0 Å². The molecule has 0 amide bonds. The summed E-state index contributed by atoms with van der Waals surface area (Å²) in [5, 5.41) is 2.66. The van der Waals surface area contributed by atoms with E-state index in [9.17, 15) is 0 Å². The molecule has 0 N–H and O–H groups in total. The molecule has 0 aromatic heterocycles. The average Bonchev–Trinajstić information content (AvgIpc) is 2.67. The predicted molar refractivity (Wildman–Crippen MR) is 73.8 cm³/mol. The van der Waals surface area contributed by atoms with E-state index in [2.05, 4.69) is 48.5 Å². The van der Waals surface area contributed by atoms with Crippen LogP contribution < -0.4 is 5.46 Å². The van der Waals surface area contributed by atoms with Crippen molar-refractivity contribution in [2.24, 2.45) is 0 Å². The summed E-state index contributed by atoms with van der Waals surface area (Å²) in [5.41, 5.74) is 6.02. The first kappa shape index (κ1) is 9.06. The minimum Gasteiger partial charge on any atom is -0.0960 e. The first-order valence-electron chi connectivity index (χ1n) is 5.76. The zero-order chi connectivity index (χ0) is 11.4. The van der Waals surface area contributed by atoms with Crippen molar-refractivity contribution >= 4 is 24.1 Å². The van der Waals surface area contributed by atoms with Crippen LogP contribution in [0.25, 0.3) is 33.0 Å². The van der Waals surface area contributed by atoms with Crippen molar-refractivity contribution in [3.05, 3.63) is 54.6 Å². The molecule has 4 rings (SSSR count). The Bertz CT molecular complexity index is 751. The van der Waals surface area contributed by atoms with Crippen LogP contribution in [-0.2, 0) is 0 Å². The molecule has 1 aliphatic carbocycles. The average molecular weight is 212 g/mol. The van der Waals surface area contributed by atoms with Crippen LogP contribution in [-0.4, -0.2) is 7.85 Å². The zero-order valence-corrected chi connectivity index (χ0v) is 9.27. The van der Waals surface area contributed by atoms with Gasteiger partial charge in [-0.25, -0.2) is 0 Å². The number of hydrogen-bond acceptors (Lipinski definition) is 0. The maximum Gasteiger partial charge on any atom is 0.113 e. The van der Waals surface area contributed by atoms with Gasteiger partial charge in [0.2, 0.25) is 0 Å². The molecule has 3 aromatic carbocycles. The highest BCUT2D eigenvalue weighted by Crippen LogP contribution is 2.46. The molecule has 1 aliphatic rings. The van der Waals surface area contributed by atoms with E-state index in [0.717, 1.165) is 5.46 Å². The standard InChI is InChI=1S/C16H9B/c17-11-7-8-12-13-5-1-3-10-4-2-6-14(16(10)13)15(12)9-11/h1-9H. The largest absolute Gasteiger partial charge is 0.113 e. The van der Waals surface area contributed by atoms with Crippen molar-refractivity contribution in [3.63, 3.8) is 0 Å². The van der Waals surface area contributed by atoms with Gasteiger partial charge in [-0.05, 0) is 33.0 Å². The maximum absolute atomic E-state index is 5.89. The predicted octanol–water partition coefficient (Wildman–Crippen LogP) is 3.28. The van der Waals surface area contributed by atoms with Gasteiger partial charge in [0.05, 0.1) is 0 Å². The van der Waals surface area contributed by atoms with Crippen molar-refractivity contribution < 1.29 is 0 Å². The molecule has 2 radical (unpaired) electrons. The number of fused-ring (bicyclic) bond motifs is 3. The molecule has 17 heavy (non-hydrogen) atoms. The van der Waals surface area contributed by atoms with Gasteiger partial charge < -0.3 is 0 Å². The smallest absolute Gasteiger partial charge is 0.0960 e. The van der Waals surface area contributed by atoms with Gasteiger partial charge in [-0.2, -0.15) is 0 Å². The second-order valence-corrected chi connectivity index (χ2v) is 4.51. The minimum atomic E-state index is 0.827. The molecule has 0 saturated heterocycles. The summed E-state index contributed by atoms with van der Waals surface area (Å²) in [5.74, 6) is 0. The number of hydrogen-bond donors (Lipinski definition) is 0. The van der Waals surface area contributed by atoms with Crippen LogP contribution in [0.3, 0.4) is 0 Å². The highest BCUT2D eigenvalue weighted by molar-refractivity contribution is 6.33. The summed E-state index contributed by atoms with van der Waals surface area (Å²) >= 11 is 0. The van der Waals surface area contributed by atoms with Gasteiger partial charge in [-0.3, -0.25) is 0 Å². The van der Waals surface area contributed by atoms with Crippen molar-refractivity contribution in [2.45, 2.75) is 0 Å². The molecule has 0 heterocycles. The van der Waals surface area contributed by atoms with Gasteiger partial charge >= 0.3 is 0 Å². The lowest BCUT2D eigenvalue weighted by Gasteiger charge is -2.02. The van der Waals surface area contributed by atoms with E-state index in [1.165, 1.54) is 33.0 Å². The Balaban J connectivity index is 2.26. The third-order valence-corrected chi connectivity index (χ3v) is 3.53. The number of rotatable bonds is 0. The van der Waals surface area contributed by atoms with E-state index in [4.69, 9.17) is 7.85 Å². The highest BCUT2D eigenvalue weighted by Gasteiger charge is 2.19. The molecule has 0 nitrogen and oxygen atoms in total. The van der Waals surface area contributed by atoms with Gasteiger partial charge in [-0.1, -0.05) is 60.1 Å². The second kappa shape index (κ2) is 3.01. The van der Waals surface area contributed by atoms with E-state index in [1.807, 2.05) is 6.07 Å². The van der Waals surface area contributed by atoms with Crippen molar-refractivity contribution in [2.75, 3.05) is 0 Å². The van der Waals surface area contributed by atoms with Gasteiger partial charge in [-0.15, -0.1) is 0 Å². The normalized spacial score (nSPS) is 11.8. The molecule has 3 aromatic rings. The van der Waals surface area contributed by atoms with Crippen LogP contribution in [0.4, 0.5) is 0 Å². The van der Waals surface area contributed by atoms with Crippen LogP contribution in [0, 0.1) is 0 Å². The van der Waals surface area contributed by atoms with Crippen LogP contribution in [0.15, 0.2) is 54.6 Å². The lowest BCUT2D eigenvalue weighted by atomic mass is 9.91. The quantitative estimate of drug-likeness (QED) is 0.392. The van der Waals surface area contributed by atoms with Gasteiger partial charge in [0.25, 0.3) is 0 Å². The third kappa shape index (κ3) is 1.09. The molecule has 0 saturated carbocycles.